The molecule has 0 aromatic carbocycles. The number of fused-ring (bicyclic) bond motifs is 3. The maximum Gasteiger partial charge on any atom is 0.223 e. The van der Waals surface area contributed by atoms with Gasteiger partial charge in [0.25, 0.3) is 0 Å². The number of nitrogens with one attached hydrogen (secondary N) is 2. The highest BCUT2D eigenvalue weighted by atomic mass is 79.9. The minimum atomic E-state index is -0.277. The van der Waals surface area contributed by atoms with Gasteiger partial charge in [-0.3, -0.25) is 4.79 Å². The highest BCUT2D eigenvalue weighted by molar-refractivity contribution is 9.10. The highest BCUT2D eigenvalue weighted by Gasteiger charge is 2.47. The van der Waals surface area contributed by atoms with E-state index in [2.05, 4.69) is 48.4 Å². The van der Waals surface area contributed by atoms with E-state index in [0.717, 1.165) is 26.6 Å². The molecule has 2 aliphatic carbocycles. The first-order chi connectivity index (χ1) is 14.3. The van der Waals surface area contributed by atoms with E-state index in [1.54, 1.807) is 6.20 Å². The van der Waals surface area contributed by atoms with Crippen molar-refractivity contribution in [3.63, 3.8) is 0 Å². The van der Waals surface area contributed by atoms with E-state index in [-0.39, 0.29) is 29.7 Å². The van der Waals surface area contributed by atoms with Crippen molar-refractivity contribution in [2.45, 2.75) is 12.5 Å². The molecule has 0 radical (unpaired) electrons. The maximum absolute atomic E-state index is 12.1. The summed E-state index contributed by atoms with van der Waals surface area (Å²) >= 11 is 11.4. The van der Waals surface area contributed by atoms with E-state index in [9.17, 15) is 4.79 Å². The summed E-state index contributed by atoms with van der Waals surface area (Å²) in [6, 6.07) is -0.0770. The largest absolute Gasteiger partial charge is 0.378 e. The Bertz CT molecular complexity index is 1190. The van der Waals surface area contributed by atoms with Gasteiger partial charge in [0, 0.05) is 26.3 Å². The number of pyridine rings is 1. The number of halogens is 2. The molecule has 2 bridgehead atoms. The predicted molar refractivity (Wildman–Crippen MR) is 123 cm³/mol. The Labute approximate surface area is 190 Å². The zero-order valence-electron chi connectivity index (χ0n) is 16.2. The van der Waals surface area contributed by atoms with Crippen LogP contribution in [0.5, 0.6) is 0 Å². The molecule has 11 heteroatoms. The Morgan fingerprint density at radius 2 is 2.13 bits per heavy atom. The minimum absolute atomic E-state index is 0.0770. The zero-order valence-corrected chi connectivity index (χ0v) is 19.3. The van der Waals surface area contributed by atoms with Gasteiger partial charge in [0.05, 0.1) is 16.1 Å². The Morgan fingerprint density at radius 3 is 2.83 bits per heavy atom. The van der Waals surface area contributed by atoms with E-state index in [1.165, 1.54) is 11.3 Å². The molecule has 0 aliphatic heterocycles. The quantitative estimate of drug-likeness (QED) is 0.454. The number of carbonyl (C=O) groups is 1. The molecule has 3 heterocycles. The molecule has 1 amide bonds. The molecular formula is C19H19BrClN7OS. The predicted octanol–water partition coefficient (Wildman–Crippen LogP) is 3.65. The second-order valence-electron chi connectivity index (χ2n) is 7.82. The molecule has 156 valence electrons. The third-order valence-electron chi connectivity index (χ3n) is 5.74. The number of hydrogen-bond donors (Lipinski definition) is 3. The Balaban J connectivity index is 1.56. The number of nitrogens with two attached hydrogens (primary N) is 1. The molecule has 1 saturated carbocycles. The molecule has 0 saturated heterocycles. The van der Waals surface area contributed by atoms with Crippen molar-refractivity contribution < 1.29 is 4.79 Å². The summed E-state index contributed by atoms with van der Waals surface area (Å²) in [6.45, 7) is 0. The summed E-state index contributed by atoms with van der Waals surface area (Å²) in [5, 5.41) is 4.73. The van der Waals surface area contributed by atoms with Crippen LogP contribution < -0.4 is 16.0 Å². The molecule has 4 N–H and O–H groups in total. The monoisotopic (exact) mass is 507 g/mol. The molecule has 4 atom stereocenters. The van der Waals surface area contributed by atoms with Crippen LogP contribution in [0, 0.1) is 17.8 Å². The second kappa shape index (κ2) is 7.21. The van der Waals surface area contributed by atoms with Crippen LogP contribution in [-0.4, -0.2) is 46.0 Å². The van der Waals surface area contributed by atoms with E-state index in [0.29, 0.717) is 22.1 Å². The van der Waals surface area contributed by atoms with Crippen LogP contribution >= 0.6 is 38.9 Å². The van der Waals surface area contributed by atoms with Crippen LogP contribution in [-0.2, 0) is 4.79 Å². The van der Waals surface area contributed by atoms with Crippen LogP contribution in [0.15, 0.2) is 22.8 Å². The SMILES string of the molecule is CN(C)c1nc(Cl)c(-c2nc3c(N[C@H]4[C@@H](C(N)=O)[C@@H]5C=C[C@H]4C5)c(Br)cnc3[nH]2)s1. The van der Waals surface area contributed by atoms with E-state index >= 15 is 0 Å². The zero-order chi connectivity index (χ0) is 21.2. The lowest BCUT2D eigenvalue weighted by molar-refractivity contribution is -0.122. The number of imidazole rings is 1. The van der Waals surface area contributed by atoms with Crippen molar-refractivity contribution >= 4 is 66.8 Å². The molecule has 30 heavy (non-hydrogen) atoms. The standard InChI is InChI=1S/C19H19BrClN7OS/c1-28(2)19-26-15(21)14(30-19)18-25-13-12(9(20)6-23-17(13)27-18)24-11-8-4-3-7(5-8)10(11)16(22)29/h3-4,6-8,10-11H,5H2,1-2H3,(H2,22,29)(H2,23,24,25,27)/t7-,8+,10+,11-/m1/s1. The lowest BCUT2D eigenvalue weighted by Crippen LogP contribution is -2.41. The Hall–Kier alpha value is -2.17. The van der Waals surface area contributed by atoms with Gasteiger partial charge in [0.15, 0.2) is 21.8 Å². The number of allylic oxidation sites excluding steroid dienone is 1. The summed E-state index contributed by atoms with van der Waals surface area (Å²) in [5.74, 6) is 0.540. The molecule has 0 unspecified atom stereocenters. The summed E-state index contributed by atoms with van der Waals surface area (Å²) in [5.41, 5.74) is 7.80. The molecule has 0 spiro atoms. The first-order valence-electron chi connectivity index (χ1n) is 9.46. The van der Waals surface area contributed by atoms with Gasteiger partial charge in [-0.25, -0.2) is 15.0 Å². The van der Waals surface area contributed by atoms with Gasteiger partial charge < -0.3 is 20.9 Å². The number of carbonyl (C=O) groups excluding carboxylic acids is 1. The summed E-state index contributed by atoms with van der Waals surface area (Å²) in [7, 11) is 3.83. The number of aromatic nitrogens is 4. The number of nitrogens with zero attached hydrogens (tertiary/aromatic N) is 4. The molecule has 1 fully saturated rings. The molecular weight excluding hydrogens is 490 g/mol. The number of amides is 1. The highest BCUT2D eigenvalue weighted by Crippen LogP contribution is 2.46. The number of H-pyrrole nitrogens is 1. The van der Waals surface area contributed by atoms with Gasteiger partial charge in [-0.05, 0) is 34.2 Å². The average Bonchev–Trinajstić information content (AvgIpc) is 3.45. The molecule has 2 aliphatic rings. The van der Waals surface area contributed by atoms with Crippen molar-refractivity contribution in [2.24, 2.45) is 23.5 Å². The number of hydrogen-bond acceptors (Lipinski definition) is 7. The van der Waals surface area contributed by atoms with Gasteiger partial charge >= 0.3 is 0 Å². The second-order valence-corrected chi connectivity index (χ2v) is 10.0. The number of primary amides is 1. The van der Waals surface area contributed by atoms with Crippen molar-refractivity contribution in [3.8, 4) is 10.7 Å². The first-order valence-corrected chi connectivity index (χ1v) is 11.4. The van der Waals surface area contributed by atoms with E-state index in [1.807, 2.05) is 19.0 Å². The molecule has 5 rings (SSSR count). The molecule has 3 aromatic rings. The number of rotatable bonds is 5. The fourth-order valence-corrected chi connectivity index (χ4v) is 5.94. The van der Waals surface area contributed by atoms with Crippen LogP contribution in [0.2, 0.25) is 5.15 Å². The number of anilines is 2. The fraction of sp³-hybridized carbons (Fsp3) is 0.368. The van der Waals surface area contributed by atoms with Gasteiger partial charge in [-0.15, -0.1) is 0 Å². The van der Waals surface area contributed by atoms with E-state index < -0.39 is 0 Å². The van der Waals surface area contributed by atoms with Crippen LogP contribution in [0.3, 0.4) is 0 Å². The van der Waals surface area contributed by atoms with E-state index in [4.69, 9.17) is 22.3 Å². The minimum Gasteiger partial charge on any atom is -0.378 e. The van der Waals surface area contributed by atoms with Gasteiger partial charge in [-0.1, -0.05) is 35.1 Å². The Kier molecular flexibility index (Phi) is 4.75. The number of aromatic amines is 1. The molecule has 8 nitrogen and oxygen atoms in total. The lowest BCUT2D eigenvalue weighted by Gasteiger charge is -2.28. The lowest BCUT2D eigenvalue weighted by atomic mass is 9.88. The third-order valence-corrected chi connectivity index (χ3v) is 7.95. The smallest absolute Gasteiger partial charge is 0.223 e. The van der Waals surface area contributed by atoms with Crippen molar-refractivity contribution in [1.29, 1.82) is 0 Å². The number of thiazole rings is 1. The van der Waals surface area contributed by atoms with Crippen LogP contribution in [0.1, 0.15) is 6.42 Å². The first kappa shape index (κ1) is 19.8. The Morgan fingerprint density at radius 1 is 1.37 bits per heavy atom. The van der Waals surface area contributed by atoms with Crippen LogP contribution in [0.25, 0.3) is 21.9 Å². The van der Waals surface area contributed by atoms with Gasteiger partial charge in [0.2, 0.25) is 5.91 Å². The topological polar surface area (TPSA) is 113 Å². The summed E-state index contributed by atoms with van der Waals surface area (Å²) in [6.07, 6.45) is 6.93. The van der Waals surface area contributed by atoms with Gasteiger partial charge in [0.1, 0.15) is 10.4 Å². The summed E-state index contributed by atoms with van der Waals surface area (Å²) in [4.78, 5) is 31.6. The van der Waals surface area contributed by atoms with Gasteiger partial charge in [-0.2, -0.15) is 0 Å². The van der Waals surface area contributed by atoms with Crippen molar-refractivity contribution in [1.82, 2.24) is 19.9 Å². The summed E-state index contributed by atoms with van der Waals surface area (Å²) < 4.78 is 0.771. The maximum atomic E-state index is 12.1. The third kappa shape index (κ3) is 3.09. The molecule has 3 aromatic heterocycles. The van der Waals surface area contributed by atoms with Crippen molar-refractivity contribution in [3.05, 3.63) is 28.0 Å². The normalized spacial score (nSPS) is 24.7. The van der Waals surface area contributed by atoms with Crippen molar-refractivity contribution in [2.75, 3.05) is 24.3 Å². The fourth-order valence-electron chi connectivity index (χ4n) is 4.38. The van der Waals surface area contributed by atoms with Crippen LogP contribution in [0.4, 0.5) is 10.8 Å². The average molecular weight is 509 g/mol.